The van der Waals surface area contributed by atoms with E-state index in [9.17, 15) is 0 Å². The van der Waals surface area contributed by atoms with Crippen molar-refractivity contribution in [2.24, 2.45) is 0 Å². The van der Waals surface area contributed by atoms with Crippen LogP contribution in [0.4, 0.5) is 0 Å². The van der Waals surface area contributed by atoms with Crippen molar-refractivity contribution in [3.8, 4) is 0 Å². The summed E-state index contributed by atoms with van der Waals surface area (Å²) in [6.45, 7) is 1.09. The van der Waals surface area contributed by atoms with Crippen LogP contribution in [-0.2, 0) is 0 Å². The Morgan fingerprint density at radius 1 is 1.70 bits per heavy atom. The van der Waals surface area contributed by atoms with Crippen LogP contribution < -0.4 is 5.32 Å². The third-order valence-electron chi connectivity index (χ3n) is 1.81. The van der Waals surface area contributed by atoms with Gasteiger partial charge in [0.05, 0.1) is 12.2 Å². The third-order valence-corrected chi connectivity index (χ3v) is 1.81. The predicted molar refractivity (Wildman–Crippen MR) is 36.5 cm³/mol. The lowest BCUT2D eigenvalue weighted by Gasteiger charge is -2.02. The summed E-state index contributed by atoms with van der Waals surface area (Å²) in [7, 11) is 0. The van der Waals surface area contributed by atoms with Gasteiger partial charge in [-0.1, -0.05) is 0 Å². The van der Waals surface area contributed by atoms with E-state index in [0.29, 0.717) is 6.04 Å². The van der Waals surface area contributed by atoms with Crippen molar-refractivity contribution in [2.75, 3.05) is 6.54 Å². The van der Waals surface area contributed by atoms with Crippen LogP contribution in [0.5, 0.6) is 0 Å². The summed E-state index contributed by atoms with van der Waals surface area (Å²) in [4.78, 5) is 4.07. The van der Waals surface area contributed by atoms with E-state index in [1.807, 2.05) is 0 Å². The first kappa shape index (κ1) is 5.92. The van der Waals surface area contributed by atoms with Gasteiger partial charge in [0.25, 0.3) is 0 Å². The molecule has 2 rings (SSSR count). The van der Waals surface area contributed by atoms with Crippen LogP contribution in [0.1, 0.15) is 24.8 Å². The largest absolute Gasteiger partial charge is 0.447 e. The lowest BCUT2D eigenvalue weighted by molar-refractivity contribution is 0.429. The monoisotopic (exact) mass is 138 g/mol. The minimum atomic E-state index is 0.370. The number of aromatic nitrogens is 1. The molecule has 1 aromatic rings. The molecule has 0 aromatic carbocycles. The molecule has 0 bridgehead atoms. The van der Waals surface area contributed by atoms with Gasteiger partial charge in [-0.05, 0) is 19.4 Å². The number of hydrogen-bond donors (Lipinski definition) is 1. The van der Waals surface area contributed by atoms with Gasteiger partial charge in [-0.25, -0.2) is 4.98 Å². The van der Waals surface area contributed by atoms with E-state index < -0.39 is 0 Å². The van der Waals surface area contributed by atoms with Gasteiger partial charge in [0.1, 0.15) is 6.26 Å². The van der Waals surface area contributed by atoms with Crippen molar-refractivity contribution in [3.05, 3.63) is 18.4 Å². The first-order valence-electron chi connectivity index (χ1n) is 3.59. The standard InChI is InChI=1S/C7H10N2O/c1-2-6(8-3-1)7-9-4-5-10-7/h4-6,8H,1-3H2/t6-/m1/s1. The van der Waals surface area contributed by atoms with Crippen LogP contribution in [0.2, 0.25) is 0 Å². The molecule has 54 valence electrons. The second-order valence-corrected chi connectivity index (χ2v) is 2.52. The van der Waals surface area contributed by atoms with Crippen LogP contribution in [0, 0.1) is 0 Å². The molecular weight excluding hydrogens is 128 g/mol. The Morgan fingerprint density at radius 3 is 3.30 bits per heavy atom. The fraction of sp³-hybridized carbons (Fsp3) is 0.571. The summed E-state index contributed by atoms with van der Waals surface area (Å²) in [6.07, 6.45) is 5.69. The number of oxazole rings is 1. The maximum atomic E-state index is 5.14. The van der Waals surface area contributed by atoms with Gasteiger partial charge in [-0.15, -0.1) is 0 Å². The molecule has 0 amide bonds. The second-order valence-electron chi connectivity index (χ2n) is 2.52. The molecular formula is C7H10N2O. The highest BCUT2D eigenvalue weighted by Gasteiger charge is 2.19. The molecule has 0 spiro atoms. The molecule has 1 aliphatic rings. The number of hydrogen-bond acceptors (Lipinski definition) is 3. The Labute approximate surface area is 59.4 Å². The first-order valence-corrected chi connectivity index (χ1v) is 3.59. The molecule has 0 aliphatic carbocycles. The van der Waals surface area contributed by atoms with Crippen LogP contribution in [0.3, 0.4) is 0 Å². The van der Waals surface area contributed by atoms with E-state index in [2.05, 4.69) is 10.3 Å². The maximum Gasteiger partial charge on any atom is 0.211 e. The maximum absolute atomic E-state index is 5.14. The van der Waals surface area contributed by atoms with Crippen LogP contribution in [0.15, 0.2) is 16.9 Å². The molecule has 10 heavy (non-hydrogen) atoms. The molecule has 1 aromatic heterocycles. The number of nitrogens with zero attached hydrogens (tertiary/aromatic N) is 1. The molecule has 3 heteroatoms. The van der Waals surface area contributed by atoms with E-state index in [1.54, 1.807) is 12.5 Å². The third kappa shape index (κ3) is 0.926. The summed E-state index contributed by atoms with van der Waals surface area (Å²) in [5.74, 6) is 0.831. The number of rotatable bonds is 1. The summed E-state index contributed by atoms with van der Waals surface area (Å²) in [5.41, 5.74) is 0. The van der Waals surface area contributed by atoms with E-state index in [4.69, 9.17) is 4.42 Å². The Bertz CT molecular complexity index is 189. The molecule has 1 N–H and O–H groups in total. The Morgan fingerprint density at radius 2 is 2.70 bits per heavy atom. The summed E-state index contributed by atoms with van der Waals surface area (Å²) in [6, 6.07) is 0.370. The molecule has 2 heterocycles. The van der Waals surface area contributed by atoms with E-state index >= 15 is 0 Å². The SMILES string of the molecule is c1coc([C@H]2CCCN2)n1. The average Bonchev–Trinajstić information content (AvgIpc) is 2.59. The summed E-state index contributed by atoms with van der Waals surface area (Å²) >= 11 is 0. The molecule has 0 radical (unpaired) electrons. The molecule has 1 aliphatic heterocycles. The molecule has 0 unspecified atom stereocenters. The smallest absolute Gasteiger partial charge is 0.211 e. The van der Waals surface area contributed by atoms with Crippen LogP contribution in [0.25, 0.3) is 0 Å². The second kappa shape index (κ2) is 2.42. The predicted octanol–water partition coefficient (Wildman–Crippen LogP) is 1.10. The first-order chi connectivity index (χ1) is 4.97. The van der Waals surface area contributed by atoms with Crippen molar-refractivity contribution in [1.82, 2.24) is 10.3 Å². The summed E-state index contributed by atoms with van der Waals surface area (Å²) in [5, 5.41) is 3.30. The van der Waals surface area contributed by atoms with Crippen molar-refractivity contribution < 1.29 is 4.42 Å². The van der Waals surface area contributed by atoms with E-state index in [1.165, 1.54) is 6.42 Å². The zero-order valence-corrected chi connectivity index (χ0v) is 5.71. The fourth-order valence-electron chi connectivity index (χ4n) is 1.30. The molecule has 1 saturated heterocycles. The highest BCUT2D eigenvalue weighted by Crippen LogP contribution is 2.20. The molecule has 1 fully saturated rings. The van der Waals surface area contributed by atoms with Crippen molar-refractivity contribution >= 4 is 0 Å². The van der Waals surface area contributed by atoms with Crippen LogP contribution >= 0.6 is 0 Å². The minimum Gasteiger partial charge on any atom is -0.447 e. The zero-order chi connectivity index (χ0) is 6.81. The van der Waals surface area contributed by atoms with Gasteiger partial charge >= 0.3 is 0 Å². The van der Waals surface area contributed by atoms with E-state index in [0.717, 1.165) is 18.9 Å². The number of nitrogens with one attached hydrogen (secondary N) is 1. The highest BCUT2D eigenvalue weighted by molar-refractivity contribution is 4.92. The lowest BCUT2D eigenvalue weighted by Crippen LogP contribution is -2.12. The van der Waals surface area contributed by atoms with Gasteiger partial charge in [0, 0.05) is 0 Å². The summed E-state index contributed by atoms with van der Waals surface area (Å²) < 4.78 is 5.14. The normalized spacial score (nSPS) is 25.4. The van der Waals surface area contributed by atoms with Crippen molar-refractivity contribution in [3.63, 3.8) is 0 Å². The average molecular weight is 138 g/mol. The molecule has 1 atom stereocenters. The minimum absolute atomic E-state index is 0.370. The Kier molecular flexibility index (Phi) is 1.43. The molecule has 0 saturated carbocycles. The highest BCUT2D eigenvalue weighted by atomic mass is 16.3. The van der Waals surface area contributed by atoms with Gasteiger partial charge in [-0.2, -0.15) is 0 Å². The van der Waals surface area contributed by atoms with Gasteiger partial charge in [0.2, 0.25) is 5.89 Å². The van der Waals surface area contributed by atoms with Crippen molar-refractivity contribution in [2.45, 2.75) is 18.9 Å². The fourth-order valence-corrected chi connectivity index (χ4v) is 1.30. The van der Waals surface area contributed by atoms with Gasteiger partial charge in [0.15, 0.2) is 0 Å². The topological polar surface area (TPSA) is 38.1 Å². The van der Waals surface area contributed by atoms with E-state index in [-0.39, 0.29) is 0 Å². The molecule has 3 nitrogen and oxygen atoms in total. The Hall–Kier alpha value is -0.830. The zero-order valence-electron chi connectivity index (χ0n) is 5.71. The van der Waals surface area contributed by atoms with Crippen molar-refractivity contribution in [1.29, 1.82) is 0 Å². The lowest BCUT2D eigenvalue weighted by atomic mass is 10.2. The Balaban J connectivity index is 2.12. The van der Waals surface area contributed by atoms with Gasteiger partial charge in [-0.3, -0.25) is 0 Å². The van der Waals surface area contributed by atoms with Gasteiger partial charge < -0.3 is 9.73 Å². The quantitative estimate of drug-likeness (QED) is 0.631. The van der Waals surface area contributed by atoms with Crippen LogP contribution in [-0.4, -0.2) is 11.5 Å².